The smallest absolute Gasteiger partial charge is 0.335 e. The summed E-state index contributed by atoms with van der Waals surface area (Å²) in [5.41, 5.74) is 2.16. The second-order valence-corrected chi connectivity index (χ2v) is 7.05. The summed E-state index contributed by atoms with van der Waals surface area (Å²) in [6.07, 6.45) is 1.67. The molecule has 0 radical (unpaired) electrons. The first kappa shape index (κ1) is 21.1. The zero-order chi connectivity index (χ0) is 21.8. The molecule has 9 heteroatoms. The highest BCUT2D eigenvalue weighted by molar-refractivity contribution is 9.10. The molecule has 0 spiro atoms. The predicted octanol–water partition coefficient (Wildman–Crippen LogP) is 3.86. The van der Waals surface area contributed by atoms with Crippen molar-refractivity contribution in [2.45, 2.75) is 6.92 Å². The fourth-order valence-electron chi connectivity index (χ4n) is 2.84. The van der Waals surface area contributed by atoms with Crippen LogP contribution in [-0.2, 0) is 4.79 Å². The number of halogens is 1. The Morgan fingerprint density at radius 3 is 2.63 bits per heavy atom. The van der Waals surface area contributed by atoms with Crippen molar-refractivity contribution in [2.24, 2.45) is 5.10 Å². The summed E-state index contributed by atoms with van der Waals surface area (Å²) in [6.45, 7) is 1.58. The Morgan fingerprint density at radius 2 is 2.03 bits per heavy atom. The van der Waals surface area contributed by atoms with E-state index in [1.807, 2.05) is 6.07 Å². The fourth-order valence-corrected chi connectivity index (χ4v) is 3.41. The van der Waals surface area contributed by atoms with Gasteiger partial charge in [-0.05, 0) is 70.9 Å². The third-order valence-electron chi connectivity index (χ3n) is 4.27. The SMILES string of the molecule is COc1cc(/C=C2/C(=O)N(c3ccc(C(=O)O)cc3)N=C2C)cc(Br)c1OCC#N. The summed E-state index contributed by atoms with van der Waals surface area (Å²) in [5.74, 6) is -0.580. The van der Waals surface area contributed by atoms with E-state index in [0.29, 0.717) is 38.5 Å². The number of nitrogens with zero attached hydrogens (tertiary/aromatic N) is 3. The predicted molar refractivity (Wildman–Crippen MR) is 114 cm³/mol. The Labute approximate surface area is 180 Å². The zero-order valence-electron chi connectivity index (χ0n) is 16.0. The van der Waals surface area contributed by atoms with Crippen LogP contribution < -0.4 is 14.5 Å². The minimum absolute atomic E-state index is 0.123. The van der Waals surface area contributed by atoms with Gasteiger partial charge in [0.2, 0.25) is 0 Å². The lowest BCUT2D eigenvalue weighted by atomic mass is 10.1. The van der Waals surface area contributed by atoms with Gasteiger partial charge in [-0.25, -0.2) is 4.79 Å². The molecule has 3 rings (SSSR count). The number of benzene rings is 2. The molecule has 30 heavy (non-hydrogen) atoms. The largest absolute Gasteiger partial charge is 0.493 e. The van der Waals surface area contributed by atoms with E-state index in [-0.39, 0.29) is 18.1 Å². The van der Waals surface area contributed by atoms with Crippen molar-refractivity contribution in [1.29, 1.82) is 5.26 Å². The summed E-state index contributed by atoms with van der Waals surface area (Å²) < 4.78 is 11.3. The molecule has 1 aliphatic rings. The van der Waals surface area contributed by atoms with E-state index in [0.717, 1.165) is 0 Å². The lowest BCUT2D eigenvalue weighted by Crippen LogP contribution is -2.21. The Kier molecular flexibility index (Phi) is 6.18. The molecule has 8 nitrogen and oxygen atoms in total. The van der Waals surface area contributed by atoms with E-state index in [9.17, 15) is 9.59 Å². The van der Waals surface area contributed by atoms with Crippen LogP contribution in [0, 0.1) is 11.3 Å². The number of ether oxygens (including phenoxy) is 2. The number of carbonyl (C=O) groups is 2. The van der Waals surface area contributed by atoms with E-state index in [4.69, 9.17) is 19.8 Å². The Hall–Kier alpha value is -3.64. The number of methoxy groups -OCH3 is 1. The van der Waals surface area contributed by atoms with E-state index in [2.05, 4.69) is 21.0 Å². The summed E-state index contributed by atoms with van der Waals surface area (Å²) in [4.78, 5) is 23.9. The molecule has 0 bridgehead atoms. The van der Waals surface area contributed by atoms with Crippen LogP contribution in [-0.4, -0.2) is 36.4 Å². The van der Waals surface area contributed by atoms with E-state index < -0.39 is 5.97 Å². The van der Waals surface area contributed by atoms with Crippen LogP contribution in [0.25, 0.3) is 6.08 Å². The van der Waals surface area contributed by atoms with Gasteiger partial charge in [-0.15, -0.1) is 0 Å². The molecule has 152 valence electrons. The standard InChI is InChI=1S/C21H16BrN3O5/c1-12-16(9-13-10-17(22)19(30-8-7-23)18(11-13)29-2)20(26)25(24-12)15-5-3-14(4-6-15)21(27)28/h3-6,9-11H,8H2,1-2H3,(H,27,28)/b16-9+. The molecule has 1 amide bonds. The third-order valence-corrected chi connectivity index (χ3v) is 4.85. The number of aromatic carboxylic acids is 1. The van der Waals surface area contributed by atoms with Gasteiger partial charge < -0.3 is 14.6 Å². The molecule has 0 aromatic heterocycles. The van der Waals surface area contributed by atoms with Crippen LogP contribution in [0.4, 0.5) is 5.69 Å². The van der Waals surface area contributed by atoms with Gasteiger partial charge in [0.25, 0.3) is 5.91 Å². The molecule has 1 N–H and O–H groups in total. The number of hydrogen-bond donors (Lipinski definition) is 1. The first-order valence-electron chi connectivity index (χ1n) is 8.68. The maximum atomic E-state index is 12.9. The Bertz CT molecular complexity index is 1120. The summed E-state index contributed by atoms with van der Waals surface area (Å²) in [7, 11) is 1.48. The van der Waals surface area contributed by atoms with Crippen LogP contribution in [0.15, 0.2) is 51.5 Å². The van der Waals surface area contributed by atoms with Gasteiger partial charge in [0.1, 0.15) is 6.07 Å². The van der Waals surface area contributed by atoms with Gasteiger partial charge in [-0.3, -0.25) is 4.79 Å². The molecular weight excluding hydrogens is 454 g/mol. The van der Waals surface area contributed by atoms with Crippen molar-refractivity contribution in [3.63, 3.8) is 0 Å². The number of carbonyl (C=O) groups excluding carboxylic acids is 1. The van der Waals surface area contributed by atoms with Crippen molar-refractivity contribution in [3.8, 4) is 17.6 Å². The topological polar surface area (TPSA) is 112 Å². The lowest BCUT2D eigenvalue weighted by Gasteiger charge is -2.13. The van der Waals surface area contributed by atoms with Crippen molar-refractivity contribution in [1.82, 2.24) is 0 Å². The fraction of sp³-hybridized carbons (Fsp3) is 0.143. The number of rotatable bonds is 6. The van der Waals surface area contributed by atoms with E-state index >= 15 is 0 Å². The van der Waals surface area contributed by atoms with Crippen molar-refractivity contribution < 1.29 is 24.2 Å². The van der Waals surface area contributed by atoms with Gasteiger partial charge in [0, 0.05) is 0 Å². The molecule has 2 aromatic rings. The monoisotopic (exact) mass is 469 g/mol. The average Bonchev–Trinajstić information content (AvgIpc) is 3.01. The first-order chi connectivity index (χ1) is 14.3. The van der Waals surface area contributed by atoms with Crippen LogP contribution in [0.2, 0.25) is 0 Å². The maximum Gasteiger partial charge on any atom is 0.335 e. The normalized spacial score (nSPS) is 14.5. The van der Waals surface area contributed by atoms with Crippen LogP contribution in [0.5, 0.6) is 11.5 Å². The molecule has 0 fully saturated rings. The number of amides is 1. The summed E-state index contributed by atoms with van der Waals surface area (Å²) >= 11 is 3.40. The number of anilines is 1. The second-order valence-electron chi connectivity index (χ2n) is 6.19. The highest BCUT2D eigenvalue weighted by atomic mass is 79.9. The minimum Gasteiger partial charge on any atom is -0.493 e. The van der Waals surface area contributed by atoms with Crippen LogP contribution >= 0.6 is 15.9 Å². The maximum absolute atomic E-state index is 12.9. The van der Waals surface area contributed by atoms with Crippen molar-refractivity contribution in [2.75, 3.05) is 18.7 Å². The van der Waals surface area contributed by atoms with Gasteiger partial charge in [0.05, 0.1) is 34.1 Å². The molecule has 0 saturated carbocycles. The highest BCUT2D eigenvalue weighted by Gasteiger charge is 2.29. The summed E-state index contributed by atoms with van der Waals surface area (Å²) in [6, 6.07) is 11.2. The van der Waals surface area contributed by atoms with E-state index in [1.54, 1.807) is 25.1 Å². The lowest BCUT2D eigenvalue weighted by molar-refractivity contribution is -0.114. The van der Waals surface area contributed by atoms with Gasteiger partial charge in [-0.2, -0.15) is 15.4 Å². The second kappa shape index (κ2) is 8.80. The third kappa shape index (κ3) is 4.18. The Morgan fingerprint density at radius 1 is 1.33 bits per heavy atom. The number of carboxylic acid groups (broad SMARTS) is 1. The number of nitriles is 1. The van der Waals surface area contributed by atoms with E-state index in [1.165, 1.54) is 36.4 Å². The van der Waals surface area contributed by atoms with Crippen molar-refractivity contribution >= 4 is 45.3 Å². The van der Waals surface area contributed by atoms with Crippen molar-refractivity contribution in [3.05, 3.63) is 57.6 Å². The Balaban J connectivity index is 1.92. The molecule has 0 atom stereocenters. The zero-order valence-corrected chi connectivity index (χ0v) is 17.6. The number of hydrogen-bond acceptors (Lipinski definition) is 6. The van der Waals surface area contributed by atoms with Crippen LogP contribution in [0.1, 0.15) is 22.8 Å². The minimum atomic E-state index is -1.05. The molecule has 0 unspecified atom stereocenters. The van der Waals surface area contributed by atoms with Gasteiger partial charge in [0.15, 0.2) is 18.1 Å². The molecule has 1 aliphatic heterocycles. The van der Waals surface area contributed by atoms with Crippen LogP contribution in [0.3, 0.4) is 0 Å². The highest BCUT2D eigenvalue weighted by Crippen LogP contribution is 2.37. The molecular formula is C21H16BrN3O5. The quantitative estimate of drug-likeness (QED) is 0.642. The molecule has 0 saturated heterocycles. The average molecular weight is 470 g/mol. The summed E-state index contributed by atoms with van der Waals surface area (Å²) in [5, 5.41) is 23.3. The van der Waals surface area contributed by atoms with Gasteiger partial charge >= 0.3 is 5.97 Å². The number of carboxylic acids is 1. The molecule has 0 aliphatic carbocycles. The molecule has 1 heterocycles. The molecule has 2 aromatic carbocycles. The first-order valence-corrected chi connectivity index (χ1v) is 9.47. The number of hydrazone groups is 1. The van der Waals surface area contributed by atoms with Gasteiger partial charge in [-0.1, -0.05) is 0 Å².